The summed E-state index contributed by atoms with van der Waals surface area (Å²) in [5.41, 5.74) is 2.83. The number of benzene rings is 1. The molecule has 1 fully saturated rings. The molecule has 0 radical (unpaired) electrons. The Hall–Kier alpha value is -2.23. The van der Waals surface area contributed by atoms with Gasteiger partial charge in [0.25, 0.3) is 0 Å². The van der Waals surface area contributed by atoms with Gasteiger partial charge in [0, 0.05) is 0 Å². The van der Waals surface area contributed by atoms with E-state index in [1.807, 2.05) is 0 Å². The van der Waals surface area contributed by atoms with Crippen LogP contribution in [-0.2, 0) is 0 Å². The van der Waals surface area contributed by atoms with E-state index in [1.54, 1.807) is 7.11 Å². The van der Waals surface area contributed by atoms with E-state index in [9.17, 15) is 0 Å². The van der Waals surface area contributed by atoms with E-state index in [1.165, 1.54) is 43.2 Å². The Bertz CT molecular complexity index is 519. The molecule has 0 amide bonds. The van der Waals surface area contributed by atoms with E-state index in [0.29, 0.717) is 0 Å². The number of methoxy groups -OCH3 is 1. The molecule has 23 heavy (non-hydrogen) atoms. The van der Waals surface area contributed by atoms with Crippen LogP contribution in [0.5, 0.6) is 5.75 Å². The van der Waals surface area contributed by atoms with Crippen molar-refractivity contribution >= 4 is 11.7 Å². The summed E-state index contributed by atoms with van der Waals surface area (Å²) in [6, 6.07) is 8.48. The van der Waals surface area contributed by atoms with Gasteiger partial charge in [-0.15, -0.1) is 0 Å². The first-order chi connectivity index (χ1) is 11.1. The van der Waals surface area contributed by atoms with Gasteiger partial charge >= 0.3 is 6.16 Å². The van der Waals surface area contributed by atoms with Gasteiger partial charge in [-0.1, -0.05) is 49.6 Å². The topological polar surface area (TPSA) is 66.8 Å². The van der Waals surface area contributed by atoms with E-state index >= 15 is 0 Å². The molecule has 0 bridgehead atoms. The quantitative estimate of drug-likeness (QED) is 0.724. The molecule has 1 aliphatic carbocycles. The fourth-order valence-corrected chi connectivity index (χ4v) is 2.86. The van der Waals surface area contributed by atoms with Gasteiger partial charge in [0.05, 0.1) is 7.11 Å². The Morgan fingerprint density at radius 2 is 1.70 bits per heavy atom. The lowest BCUT2D eigenvalue weighted by Gasteiger charge is -2.25. The van der Waals surface area contributed by atoms with Gasteiger partial charge in [0.15, 0.2) is 0 Å². The maximum atomic E-state index is 8.56. The first-order valence-corrected chi connectivity index (χ1v) is 7.97. The first kappa shape index (κ1) is 18.8. The van der Waals surface area contributed by atoms with Gasteiger partial charge in [0.1, 0.15) is 5.75 Å². The lowest BCUT2D eigenvalue weighted by molar-refractivity contribution is 0.137. The second kappa shape index (κ2) is 10.5. The molecule has 4 heteroatoms. The third-order valence-corrected chi connectivity index (χ3v) is 3.94. The molecule has 1 aromatic rings. The third kappa shape index (κ3) is 7.04. The van der Waals surface area contributed by atoms with Crippen LogP contribution in [0.1, 0.15) is 44.6 Å². The van der Waals surface area contributed by atoms with Crippen molar-refractivity contribution in [2.45, 2.75) is 39.0 Å². The van der Waals surface area contributed by atoms with Crippen molar-refractivity contribution < 1.29 is 19.7 Å². The minimum absolute atomic E-state index is 0.721. The normalized spacial score (nSPS) is 15.8. The maximum Gasteiger partial charge on any atom is 0.503 e. The van der Waals surface area contributed by atoms with Gasteiger partial charge in [-0.2, -0.15) is 0 Å². The van der Waals surface area contributed by atoms with Crippen molar-refractivity contribution in [3.8, 4) is 5.75 Å². The summed E-state index contributed by atoms with van der Waals surface area (Å²) in [5.74, 6) is 1.65. The highest BCUT2D eigenvalue weighted by Crippen LogP contribution is 2.35. The smallest absolute Gasteiger partial charge is 0.497 e. The molecule has 1 saturated carbocycles. The van der Waals surface area contributed by atoms with Crippen LogP contribution in [0.4, 0.5) is 4.79 Å². The Morgan fingerprint density at radius 1 is 1.13 bits per heavy atom. The van der Waals surface area contributed by atoms with Gasteiger partial charge < -0.3 is 14.9 Å². The number of carboxylic acid groups (broad SMARTS) is 2. The van der Waals surface area contributed by atoms with E-state index < -0.39 is 6.16 Å². The van der Waals surface area contributed by atoms with Crippen LogP contribution in [0.2, 0.25) is 0 Å². The number of carbonyl (C=O) groups is 1. The number of hydrogen-bond donors (Lipinski definition) is 2. The molecule has 0 atom stereocenters. The molecular formula is C19H26O4. The molecular weight excluding hydrogens is 292 g/mol. The Balaban J connectivity index is 0.000000593. The van der Waals surface area contributed by atoms with Gasteiger partial charge in [-0.05, 0) is 49.0 Å². The number of allylic oxidation sites excluding steroid dienone is 4. The summed E-state index contributed by atoms with van der Waals surface area (Å²) in [6.07, 6.45) is 11.5. The van der Waals surface area contributed by atoms with Crippen molar-refractivity contribution in [1.29, 1.82) is 0 Å². The minimum Gasteiger partial charge on any atom is -0.497 e. The van der Waals surface area contributed by atoms with Crippen LogP contribution in [-0.4, -0.2) is 23.5 Å². The molecule has 4 nitrogen and oxygen atoms in total. The van der Waals surface area contributed by atoms with Crippen molar-refractivity contribution in [2.75, 3.05) is 7.11 Å². The van der Waals surface area contributed by atoms with E-state index in [2.05, 4.69) is 49.4 Å². The number of rotatable bonds is 4. The number of hydrogen-bond acceptors (Lipinski definition) is 2. The van der Waals surface area contributed by atoms with Crippen LogP contribution >= 0.6 is 0 Å². The zero-order chi connectivity index (χ0) is 17.1. The van der Waals surface area contributed by atoms with E-state index in [-0.39, 0.29) is 0 Å². The Morgan fingerprint density at radius 3 is 2.17 bits per heavy atom. The van der Waals surface area contributed by atoms with E-state index in [4.69, 9.17) is 19.7 Å². The van der Waals surface area contributed by atoms with Crippen LogP contribution in [0.15, 0.2) is 42.5 Å². The fourth-order valence-electron chi connectivity index (χ4n) is 2.86. The van der Waals surface area contributed by atoms with Crippen LogP contribution in [0.25, 0.3) is 5.57 Å². The monoisotopic (exact) mass is 318 g/mol. The van der Waals surface area contributed by atoms with Gasteiger partial charge in [0.2, 0.25) is 0 Å². The van der Waals surface area contributed by atoms with Crippen LogP contribution < -0.4 is 4.74 Å². The van der Waals surface area contributed by atoms with E-state index in [0.717, 1.165) is 11.7 Å². The Kier molecular flexibility index (Phi) is 8.58. The average Bonchev–Trinajstić information content (AvgIpc) is 2.56. The zero-order valence-corrected chi connectivity index (χ0v) is 13.9. The van der Waals surface area contributed by atoms with Crippen LogP contribution in [0, 0.1) is 5.92 Å². The van der Waals surface area contributed by atoms with Crippen molar-refractivity contribution in [3.05, 3.63) is 48.1 Å². The summed E-state index contributed by atoms with van der Waals surface area (Å²) >= 11 is 0. The highest BCUT2D eigenvalue weighted by molar-refractivity contribution is 5.69. The lowest BCUT2D eigenvalue weighted by atomic mass is 9.81. The molecule has 0 unspecified atom stereocenters. The summed E-state index contributed by atoms with van der Waals surface area (Å²) < 4.78 is 5.24. The largest absolute Gasteiger partial charge is 0.503 e. The predicted octanol–water partition coefficient (Wildman–Crippen LogP) is 5.46. The second-order valence-electron chi connectivity index (χ2n) is 5.49. The van der Waals surface area contributed by atoms with Crippen molar-refractivity contribution in [2.24, 2.45) is 5.92 Å². The molecule has 0 saturated heterocycles. The average molecular weight is 318 g/mol. The van der Waals surface area contributed by atoms with Gasteiger partial charge in [-0.3, -0.25) is 0 Å². The molecule has 0 aliphatic heterocycles. The SMILES string of the molecule is C/C=C/C=C(/c1ccc(OC)cc1)C1CCCCC1.O=C(O)O. The molecule has 1 aromatic carbocycles. The third-order valence-electron chi connectivity index (χ3n) is 3.94. The van der Waals surface area contributed by atoms with Crippen molar-refractivity contribution in [3.63, 3.8) is 0 Å². The number of ether oxygens (including phenoxy) is 1. The minimum atomic E-state index is -1.83. The Labute approximate surface area is 138 Å². The summed E-state index contributed by atoms with van der Waals surface area (Å²) in [5, 5.41) is 13.9. The zero-order valence-electron chi connectivity index (χ0n) is 13.9. The maximum absolute atomic E-state index is 8.56. The standard InChI is InChI=1S/C18H24O.CH2O3/c1-3-4-10-18(15-8-6-5-7-9-15)16-11-13-17(19-2)14-12-16;2-1(3)4/h3-4,10-15H,5-9H2,1-2H3;(H2,2,3,4)/b4-3+,18-10+;. The molecule has 0 spiro atoms. The molecule has 2 N–H and O–H groups in total. The summed E-state index contributed by atoms with van der Waals surface area (Å²) in [6.45, 7) is 2.07. The highest BCUT2D eigenvalue weighted by Gasteiger charge is 2.18. The molecule has 0 aromatic heterocycles. The van der Waals surface area contributed by atoms with Crippen molar-refractivity contribution in [1.82, 2.24) is 0 Å². The summed E-state index contributed by atoms with van der Waals surface area (Å²) in [7, 11) is 1.71. The molecule has 2 rings (SSSR count). The predicted molar refractivity (Wildman–Crippen MR) is 93.0 cm³/mol. The highest BCUT2D eigenvalue weighted by atomic mass is 16.6. The summed E-state index contributed by atoms with van der Waals surface area (Å²) in [4.78, 5) is 8.56. The molecule has 1 aliphatic rings. The second-order valence-corrected chi connectivity index (χ2v) is 5.49. The fraction of sp³-hybridized carbons (Fsp3) is 0.421. The van der Waals surface area contributed by atoms with Gasteiger partial charge in [-0.25, -0.2) is 4.79 Å². The molecule has 0 heterocycles. The molecule has 126 valence electrons. The first-order valence-electron chi connectivity index (χ1n) is 7.97. The lowest BCUT2D eigenvalue weighted by Crippen LogP contribution is -2.08. The van der Waals surface area contributed by atoms with Crippen LogP contribution in [0.3, 0.4) is 0 Å².